The summed E-state index contributed by atoms with van der Waals surface area (Å²) in [5.74, 6) is 0.502. The number of likely N-dealkylation sites (tertiary alicyclic amines) is 1. The zero-order valence-electron chi connectivity index (χ0n) is 12.1. The van der Waals surface area contributed by atoms with Crippen molar-refractivity contribution in [3.8, 4) is 0 Å². The molecule has 3 unspecified atom stereocenters. The van der Waals surface area contributed by atoms with Crippen LogP contribution in [0.1, 0.15) is 28.9 Å². The van der Waals surface area contributed by atoms with E-state index in [1.165, 1.54) is 11.8 Å². The molecule has 7 heteroatoms. The Morgan fingerprint density at radius 1 is 1.43 bits per heavy atom. The largest absolute Gasteiger partial charge is 0.393 e. The highest BCUT2D eigenvalue weighted by atomic mass is 32.2. The first-order valence-electron chi connectivity index (χ1n) is 7.13. The number of aliphatic hydroxyl groups excluding tert-OH is 1. The van der Waals surface area contributed by atoms with Crippen LogP contribution >= 0.6 is 11.8 Å². The van der Waals surface area contributed by atoms with Gasteiger partial charge in [-0.1, -0.05) is 0 Å². The maximum Gasteiger partial charge on any atom is 0.346 e. The van der Waals surface area contributed by atoms with Gasteiger partial charge in [-0.25, -0.2) is 4.79 Å². The summed E-state index contributed by atoms with van der Waals surface area (Å²) in [5, 5.41) is 10.4. The topological polar surface area (TPSA) is 86.3 Å². The molecule has 1 aliphatic carbocycles. The standard InChI is InChI=1S/C14H19N3O3S/c1-7-11(12(21-2)16-14(20)15-7)13(19)17-5-8-3-4-10(18)9(8)6-17/h8-10,18H,3-6H2,1-2H3,(H,15,16,20). The number of nitrogens with one attached hydrogen (secondary N) is 1. The van der Waals surface area contributed by atoms with Crippen molar-refractivity contribution in [2.45, 2.75) is 30.9 Å². The van der Waals surface area contributed by atoms with E-state index in [1.807, 2.05) is 0 Å². The highest BCUT2D eigenvalue weighted by Gasteiger charge is 2.43. The van der Waals surface area contributed by atoms with Crippen molar-refractivity contribution in [3.63, 3.8) is 0 Å². The first kappa shape index (κ1) is 14.6. The lowest BCUT2D eigenvalue weighted by atomic mass is 10.00. The zero-order chi connectivity index (χ0) is 15.1. The summed E-state index contributed by atoms with van der Waals surface area (Å²) in [7, 11) is 0. The van der Waals surface area contributed by atoms with E-state index in [2.05, 4.69) is 9.97 Å². The number of aromatic amines is 1. The first-order chi connectivity index (χ1) is 10.0. The van der Waals surface area contributed by atoms with Crippen LogP contribution < -0.4 is 5.69 Å². The molecule has 1 saturated heterocycles. The molecule has 0 spiro atoms. The van der Waals surface area contributed by atoms with Crippen molar-refractivity contribution in [2.24, 2.45) is 11.8 Å². The Labute approximate surface area is 127 Å². The third-order valence-electron chi connectivity index (χ3n) is 4.60. The molecule has 0 aromatic carbocycles. The van der Waals surface area contributed by atoms with Gasteiger partial charge in [0.25, 0.3) is 5.91 Å². The molecule has 0 radical (unpaired) electrons. The molecule has 0 bridgehead atoms. The van der Waals surface area contributed by atoms with Gasteiger partial charge < -0.3 is 15.0 Å². The number of fused-ring (bicyclic) bond motifs is 1. The van der Waals surface area contributed by atoms with Gasteiger partial charge in [0.1, 0.15) is 5.03 Å². The normalized spacial score (nSPS) is 28.0. The average molecular weight is 309 g/mol. The fourth-order valence-corrected chi connectivity index (χ4v) is 4.14. The van der Waals surface area contributed by atoms with Gasteiger partial charge >= 0.3 is 5.69 Å². The molecule has 21 heavy (non-hydrogen) atoms. The van der Waals surface area contributed by atoms with E-state index < -0.39 is 5.69 Å². The number of rotatable bonds is 2. The van der Waals surface area contributed by atoms with Gasteiger partial charge in [-0.15, -0.1) is 11.8 Å². The third kappa shape index (κ3) is 2.48. The molecule has 1 saturated carbocycles. The lowest BCUT2D eigenvalue weighted by molar-refractivity contribution is 0.0747. The van der Waals surface area contributed by atoms with Gasteiger partial charge in [0.05, 0.1) is 11.7 Å². The molecule has 114 valence electrons. The summed E-state index contributed by atoms with van der Waals surface area (Å²) < 4.78 is 0. The SMILES string of the molecule is CSc1nc(=O)[nH]c(C)c1C(=O)N1CC2CCC(O)C2C1. The van der Waals surface area contributed by atoms with E-state index in [0.29, 0.717) is 35.3 Å². The van der Waals surface area contributed by atoms with E-state index in [0.717, 1.165) is 12.8 Å². The molecule has 3 rings (SSSR count). The number of aryl methyl sites for hydroxylation is 1. The average Bonchev–Trinajstić information content (AvgIpc) is 3.00. The summed E-state index contributed by atoms with van der Waals surface area (Å²) >= 11 is 1.30. The number of carbonyl (C=O) groups is 1. The van der Waals surface area contributed by atoms with Gasteiger partial charge in [0.15, 0.2) is 0 Å². The lowest BCUT2D eigenvalue weighted by Gasteiger charge is -2.20. The second-order valence-electron chi connectivity index (χ2n) is 5.83. The molecule has 3 atom stereocenters. The van der Waals surface area contributed by atoms with Gasteiger partial charge in [-0.3, -0.25) is 4.79 Å². The Morgan fingerprint density at radius 2 is 2.19 bits per heavy atom. The van der Waals surface area contributed by atoms with Gasteiger partial charge in [-0.2, -0.15) is 4.98 Å². The van der Waals surface area contributed by atoms with Crippen molar-refractivity contribution in [1.29, 1.82) is 0 Å². The monoisotopic (exact) mass is 309 g/mol. The number of amides is 1. The number of aliphatic hydroxyl groups is 1. The molecule has 2 heterocycles. The summed E-state index contributed by atoms with van der Waals surface area (Å²) in [4.78, 5) is 32.5. The molecule has 1 aromatic rings. The Bertz CT molecular complexity index is 630. The Balaban J connectivity index is 1.88. The predicted molar refractivity (Wildman–Crippen MR) is 79.5 cm³/mol. The molecule has 1 aliphatic heterocycles. The van der Waals surface area contributed by atoms with Crippen LogP contribution in [0, 0.1) is 18.8 Å². The number of nitrogens with zero attached hydrogens (tertiary/aromatic N) is 2. The molecule has 2 N–H and O–H groups in total. The zero-order valence-corrected chi connectivity index (χ0v) is 12.9. The first-order valence-corrected chi connectivity index (χ1v) is 8.36. The summed E-state index contributed by atoms with van der Waals surface area (Å²) in [6.45, 7) is 3.01. The fraction of sp³-hybridized carbons (Fsp3) is 0.643. The van der Waals surface area contributed by atoms with Gasteiger partial charge in [0, 0.05) is 24.7 Å². The van der Waals surface area contributed by atoms with E-state index in [1.54, 1.807) is 18.1 Å². The molecule has 1 aromatic heterocycles. The molecular weight excluding hydrogens is 290 g/mol. The number of aromatic nitrogens is 2. The van der Waals surface area contributed by atoms with Crippen LogP contribution in [0.5, 0.6) is 0 Å². The van der Waals surface area contributed by atoms with E-state index >= 15 is 0 Å². The number of thioether (sulfide) groups is 1. The van der Waals surface area contributed by atoms with Crippen molar-refractivity contribution < 1.29 is 9.90 Å². The maximum atomic E-state index is 12.8. The van der Waals surface area contributed by atoms with Crippen LogP contribution in [0.2, 0.25) is 0 Å². The lowest BCUT2D eigenvalue weighted by Crippen LogP contribution is -2.33. The number of H-pyrrole nitrogens is 1. The number of hydrogen-bond acceptors (Lipinski definition) is 5. The minimum Gasteiger partial charge on any atom is -0.393 e. The van der Waals surface area contributed by atoms with Gasteiger partial charge in [-0.05, 0) is 31.9 Å². The van der Waals surface area contributed by atoms with Crippen LogP contribution in [-0.2, 0) is 0 Å². The number of carbonyl (C=O) groups excluding carboxylic acids is 1. The van der Waals surface area contributed by atoms with Crippen LogP contribution in [0.4, 0.5) is 0 Å². The second kappa shape index (κ2) is 5.46. The van der Waals surface area contributed by atoms with Crippen molar-refractivity contribution >= 4 is 17.7 Å². The van der Waals surface area contributed by atoms with Crippen LogP contribution in [0.15, 0.2) is 9.82 Å². The Hall–Kier alpha value is -1.34. The quantitative estimate of drug-likeness (QED) is 0.618. The molecule has 1 amide bonds. The highest BCUT2D eigenvalue weighted by molar-refractivity contribution is 7.98. The third-order valence-corrected chi connectivity index (χ3v) is 5.28. The van der Waals surface area contributed by atoms with Gasteiger partial charge in [0.2, 0.25) is 0 Å². The molecule has 6 nitrogen and oxygen atoms in total. The number of hydrogen-bond donors (Lipinski definition) is 2. The van der Waals surface area contributed by atoms with E-state index in [-0.39, 0.29) is 17.9 Å². The summed E-state index contributed by atoms with van der Waals surface area (Å²) in [6.07, 6.45) is 3.34. The molecule has 2 fully saturated rings. The summed E-state index contributed by atoms with van der Waals surface area (Å²) in [6, 6.07) is 0. The predicted octanol–water partition coefficient (Wildman–Crippen LogP) is 0.643. The van der Waals surface area contributed by atoms with Crippen LogP contribution in [0.3, 0.4) is 0 Å². The maximum absolute atomic E-state index is 12.8. The van der Waals surface area contributed by atoms with E-state index in [9.17, 15) is 14.7 Å². The molecule has 2 aliphatic rings. The van der Waals surface area contributed by atoms with Crippen molar-refractivity contribution in [1.82, 2.24) is 14.9 Å². The minimum absolute atomic E-state index is 0.0952. The van der Waals surface area contributed by atoms with Crippen molar-refractivity contribution in [3.05, 3.63) is 21.7 Å². The van der Waals surface area contributed by atoms with Crippen molar-refractivity contribution in [2.75, 3.05) is 19.3 Å². The Morgan fingerprint density at radius 3 is 2.86 bits per heavy atom. The fourth-order valence-electron chi connectivity index (χ4n) is 3.52. The van der Waals surface area contributed by atoms with Crippen LogP contribution in [0.25, 0.3) is 0 Å². The Kier molecular flexibility index (Phi) is 3.79. The molecular formula is C14H19N3O3S. The minimum atomic E-state index is -0.429. The second-order valence-corrected chi connectivity index (χ2v) is 6.62. The van der Waals surface area contributed by atoms with E-state index in [4.69, 9.17) is 0 Å². The smallest absolute Gasteiger partial charge is 0.346 e. The highest BCUT2D eigenvalue weighted by Crippen LogP contribution is 2.38. The summed E-state index contributed by atoms with van der Waals surface area (Å²) in [5.41, 5.74) is 0.612. The van der Waals surface area contributed by atoms with Crippen LogP contribution in [-0.4, -0.2) is 51.3 Å².